The second-order valence-corrected chi connectivity index (χ2v) is 6.38. The van der Waals surface area contributed by atoms with E-state index in [-0.39, 0.29) is 0 Å². The van der Waals surface area contributed by atoms with Crippen LogP contribution in [0, 0.1) is 0 Å². The largest absolute Gasteiger partial charge is 0.376 e. The third kappa shape index (κ3) is 3.35. The van der Waals surface area contributed by atoms with E-state index in [0.717, 1.165) is 19.6 Å². The lowest BCUT2D eigenvalue weighted by atomic mass is 10.1. The van der Waals surface area contributed by atoms with Gasteiger partial charge in [-0.3, -0.25) is 0 Å². The lowest BCUT2D eigenvalue weighted by molar-refractivity contribution is 0.118. The van der Waals surface area contributed by atoms with Gasteiger partial charge in [-0.05, 0) is 44.5 Å². The van der Waals surface area contributed by atoms with Crippen molar-refractivity contribution in [1.82, 2.24) is 5.32 Å². The van der Waals surface area contributed by atoms with Crippen LogP contribution in [0.1, 0.15) is 38.8 Å². The van der Waals surface area contributed by atoms with Gasteiger partial charge in [-0.25, -0.2) is 0 Å². The van der Waals surface area contributed by atoms with Crippen molar-refractivity contribution in [3.05, 3.63) is 28.2 Å². The molecule has 1 N–H and O–H groups in total. The Morgan fingerprint density at radius 2 is 2.25 bits per heavy atom. The number of hydrogen-bond acceptors (Lipinski definition) is 3. The van der Waals surface area contributed by atoms with Gasteiger partial charge in [-0.2, -0.15) is 0 Å². The smallest absolute Gasteiger partial charge is 0.0750 e. The van der Waals surface area contributed by atoms with Gasteiger partial charge in [0, 0.05) is 29.9 Å². The Hall–Kier alpha value is -0.580. The summed E-state index contributed by atoms with van der Waals surface area (Å²) in [5.41, 5.74) is 2.55. The van der Waals surface area contributed by atoms with Gasteiger partial charge in [0.25, 0.3) is 0 Å². The zero-order valence-electron chi connectivity index (χ0n) is 12.8. The van der Waals surface area contributed by atoms with Crippen LogP contribution in [0.25, 0.3) is 0 Å². The standard InChI is InChI=1S/C16H25BrN2O/c1-5-18-11(2)14-7-6-13(10-15(14)17)19(4)16-8-9-20-12(16)3/h6-7,10-12,16,18H,5,8-9H2,1-4H3. The number of hydrogen-bond donors (Lipinski definition) is 1. The van der Waals surface area contributed by atoms with Gasteiger partial charge in [-0.1, -0.05) is 28.9 Å². The second-order valence-electron chi connectivity index (χ2n) is 5.53. The zero-order chi connectivity index (χ0) is 14.7. The van der Waals surface area contributed by atoms with E-state index >= 15 is 0 Å². The minimum Gasteiger partial charge on any atom is -0.376 e. The first-order valence-electron chi connectivity index (χ1n) is 7.41. The van der Waals surface area contributed by atoms with Crippen LogP contribution in [-0.2, 0) is 4.74 Å². The fraction of sp³-hybridized carbons (Fsp3) is 0.625. The molecule has 1 heterocycles. The van der Waals surface area contributed by atoms with E-state index in [4.69, 9.17) is 4.74 Å². The summed E-state index contributed by atoms with van der Waals surface area (Å²) in [5.74, 6) is 0. The molecule has 1 fully saturated rings. The van der Waals surface area contributed by atoms with Crippen molar-refractivity contribution in [2.24, 2.45) is 0 Å². The van der Waals surface area contributed by atoms with E-state index in [1.807, 2.05) is 0 Å². The van der Waals surface area contributed by atoms with Crippen LogP contribution in [0.15, 0.2) is 22.7 Å². The highest BCUT2D eigenvalue weighted by Gasteiger charge is 2.28. The highest BCUT2D eigenvalue weighted by Crippen LogP contribution is 2.30. The third-order valence-corrected chi connectivity index (χ3v) is 4.89. The molecule has 0 radical (unpaired) electrons. The van der Waals surface area contributed by atoms with Gasteiger partial charge in [-0.15, -0.1) is 0 Å². The van der Waals surface area contributed by atoms with Crippen molar-refractivity contribution in [3.8, 4) is 0 Å². The summed E-state index contributed by atoms with van der Waals surface area (Å²) in [6.07, 6.45) is 1.41. The summed E-state index contributed by atoms with van der Waals surface area (Å²) in [4.78, 5) is 2.34. The Morgan fingerprint density at radius 3 is 2.80 bits per heavy atom. The lowest BCUT2D eigenvalue weighted by Gasteiger charge is -2.29. The summed E-state index contributed by atoms with van der Waals surface area (Å²) >= 11 is 3.71. The minimum atomic E-state index is 0.305. The molecule has 1 aliphatic heterocycles. The average molecular weight is 341 g/mol. The molecule has 0 aliphatic carbocycles. The van der Waals surface area contributed by atoms with E-state index in [1.165, 1.54) is 15.7 Å². The molecular formula is C16H25BrN2O. The average Bonchev–Trinajstić information content (AvgIpc) is 2.84. The molecule has 0 aromatic heterocycles. The highest BCUT2D eigenvalue weighted by molar-refractivity contribution is 9.10. The summed E-state index contributed by atoms with van der Waals surface area (Å²) in [6, 6.07) is 7.47. The Balaban J connectivity index is 2.16. The lowest BCUT2D eigenvalue weighted by Crippen LogP contribution is -2.36. The molecule has 0 amide bonds. The number of benzene rings is 1. The van der Waals surface area contributed by atoms with E-state index in [1.54, 1.807) is 0 Å². The number of ether oxygens (including phenoxy) is 1. The molecule has 3 atom stereocenters. The molecule has 1 aromatic carbocycles. The first-order valence-corrected chi connectivity index (χ1v) is 8.21. The van der Waals surface area contributed by atoms with Crippen molar-refractivity contribution in [1.29, 1.82) is 0 Å². The summed E-state index contributed by atoms with van der Waals surface area (Å²) in [5, 5.41) is 3.45. The molecule has 4 heteroatoms. The third-order valence-electron chi connectivity index (χ3n) is 4.20. The summed E-state index contributed by atoms with van der Waals surface area (Å²) < 4.78 is 6.84. The second kappa shape index (κ2) is 6.92. The van der Waals surface area contributed by atoms with E-state index in [9.17, 15) is 0 Å². The van der Waals surface area contributed by atoms with Crippen LogP contribution in [0.3, 0.4) is 0 Å². The van der Waals surface area contributed by atoms with Crippen LogP contribution in [-0.4, -0.2) is 32.3 Å². The molecule has 0 saturated carbocycles. The Kier molecular flexibility index (Phi) is 5.47. The zero-order valence-corrected chi connectivity index (χ0v) is 14.4. The topological polar surface area (TPSA) is 24.5 Å². The Labute approximate surface area is 130 Å². The molecule has 1 aliphatic rings. The van der Waals surface area contributed by atoms with Gasteiger partial charge in [0.2, 0.25) is 0 Å². The van der Waals surface area contributed by atoms with Crippen molar-refractivity contribution >= 4 is 21.6 Å². The molecular weight excluding hydrogens is 316 g/mol. The molecule has 3 unspecified atom stereocenters. The predicted octanol–water partition coefficient (Wildman–Crippen LogP) is 3.73. The summed E-state index contributed by atoms with van der Waals surface area (Å²) in [7, 11) is 2.16. The molecule has 3 nitrogen and oxygen atoms in total. The predicted molar refractivity (Wildman–Crippen MR) is 88.5 cm³/mol. The minimum absolute atomic E-state index is 0.305. The summed E-state index contributed by atoms with van der Waals surface area (Å²) in [6.45, 7) is 8.33. The first kappa shape index (κ1) is 15.8. The molecule has 2 rings (SSSR count). The van der Waals surface area contributed by atoms with Gasteiger partial charge < -0.3 is 15.0 Å². The number of rotatable bonds is 5. The van der Waals surface area contributed by atoms with Crippen LogP contribution in [0.2, 0.25) is 0 Å². The SMILES string of the molecule is CCNC(C)c1ccc(N(C)C2CCOC2C)cc1Br. The van der Waals surface area contributed by atoms with Crippen LogP contribution in [0.4, 0.5) is 5.69 Å². The number of nitrogens with zero attached hydrogens (tertiary/aromatic N) is 1. The Bertz CT molecular complexity index is 452. The Morgan fingerprint density at radius 1 is 1.50 bits per heavy atom. The normalized spacial score (nSPS) is 23.9. The van der Waals surface area contributed by atoms with Gasteiger partial charge in [0.1, 0.15) is 0 Å². The number of anilines is 1. The van der Waals surface area contributed by atoms with Crippen LogP contribution >= 0.6 is 15.9 Å². The van der Waals surface area contributed by atoms with Gasteiger partial charge in [0.05, 0.1) is 12.1 Å². The van der Waals surface area contributed by atoms with E-state index < -0.39 is 0 Å². The maximum atomic E-state index is 5.67. The highest BCUT2D eigenvalue weighted by atomic mass is 79.9. The molecule has 1 aromatic rings. The van der Waals surface area contributed by atoms with Crippen LogP contribution in [0.5, 0.6) is 0 Å². The maximum Gasteiger partial charge on any atom is 0.0750 e. The number of nitrogens with one attached hydrogen (secondary N) is 1. The molecule has 20 heavy (non-hydrogen) atoms. The van der Waals surface area contributed by atoms with E-state index in [2.05, 4.69) is 72.2 Å². The van der Waals surface area contributed by atoms with E-state index in [0.29, 0.717) is 18.2 Å². The van der Waals surface area contributed by atoms with Crippen molar-refractivity contribution in [3.63, 3.8) is 0 Å². The molecule has 1 saturated heterocycles. The fourth-order valence-electron chi connectivity index (χ4n) is 2.92. The van der Waals surface area contributed by atoms with Gasteiger partial charge in [0.15, 0.2) is 0 Å². The first-order chi connectivity index (χ1) is 9.54. The van der Waals surface area contributed by atoms with Crippen molar-refractivity contribution in [2.75, 3.05) is 25.1 Å². The monoisotopic (exact) mass is 340 g/mol. The number of likely N-dealkylation sites (N-methyl/N-ethyl adjacent to an activating group) is 1. The number of halogens is 1. The van der Waals surface area contributed by atoms with Gasteiger partial charge >= 0.3 is 0 Å². The van der Waals surface area contributed by atoms with Crippen molar-refractivity contribution < 1.29 is 4.74 Å². The fourth-order valence-corrected chi connectivity index (χ4v) is 3.63. The van der Waals surface area contributed by atoms with Crippen molar-refractivity contribution in [2.45, 2.75) is 45.4 Å². The molecule has 0 spiro atoms. The maximum absolute atomic E-state index is 5.67. The quantitative estimate of drug-likeness (QED) is 0.883. The molecule has 112 valence electrons. The molecule has 0 bridgehead atoms. The van der Waals surface area contributed by atoms with Crippen LogP contribution < -0.4 is 10.2 Å².